The lowest BCUT2D eigenvalue weighted by Crippen LogP contribution is -2.22. The summed E-state index contributed by atoms with van der Waals surface area (Å²) in [6.07, 6.45) is 3.67. The number of ether oxygens (including phenoxy) is 1. The molecule has 1 aliphatic carbocycles. The van der Waals surface area contributed by atoms with Crippen LogP contribution in [-0.2, 0) is 17.6 Å². The van der Waals surface area contributed by atoms with Crippen LogP contribution in [0.3, 0.4) is 0 Å². The summed E-state index contributed by atoms with van der Waals surface area (Å²) < 4.78 is 5.08. The lowest BCUT2D eigenvalue weighted by molar-refractivity contribution is -0.113. The Bertz CT molecular complexity index is 854. The number of amides is 1. The molecule has 0 radical (unpaired) electrons. The molecule has 6 nitrogen and oxygen atoms in total. The van der Waals surface area contributed by atoms with E-state index in [0.29, 0.717) is 21.6 Å². The van der Waals surface area contributed by atoms with Gasteiger partial charge < -0.3 is 15.0 Å². The average Bonchev–Trinajstić information content (AvgIpc) is 2.60. The lowest BCUT2D eigenvalue weighted by Gasteiger charge is -2.14. The van der Waals surface area contributed by atoms with Crippen LogP contribution in [0.5, 0.6) is 5.75 Å². The van der Waals surface area contributed by atoms with E-state index in [1.54, 1.807) is 18.2 Å². The number of H-pyrrole nitrogens is 1. The summed E-state index contributed by atoms with van der Waals surface area (Å²) in [6, 6.07) is 5.03. The zero-order valence-electron chi connectivity index (χ0n) is 13.7. The topological polar surface area (TPSA) is 84.1 Å². The molecular formula is C17H18ClN3O3S. The third-order valence-electron chi connectivity index (χ3n) is 3.95. The first-order valence-electron chi connectivity index (χ1n) is 7.95. The van der Waals surface area contributed by atoms with E-state index in [4.69, 9.17) is 16.3 Å². The van der Waals surface area contributed by atoms with Crippen LogP contribution in [0.1, 0.15) is 24.1 Å². The van der Waals surface area contributed by atoms with Crippen LogP contribution < -0.4 is 15.6 Å². The highest BCUT2D eigenvalue weighted by Gasteiger charge is 2.16. The van der Waals surface area contributed by atoms with Gasteiger partial charge in [-0.3, -0.25) is 9.59 Å². The number of carbonyl (C=O) groups is 1. The molecule has 1 aromatic heterocycles. The number of halogens is 1. The Morgan fingerprint density at radius 1 is 1.40 bits per heavy atom. The number of rotatable bonds is 5. The molecule has 1 aromatic carbocycles. The third-order valence-corrected chi connectivity index (χ3v) is 5.11. The molecule has 2 aromatic rings. The summed E-state index contributed by atoms with van der Waals surface area (Å²) in [5.41, 5.74) is 2.14. The van der Waals surface area contributed by atoms with Gasteiger partial charge in [-0.25, -0.2) is 4.98 Å². The highest BCUT2D eigenvalue weighted by Crippen LogP contribution is 2.27. The smallest absolute Gasteiger partial charge is 0.254 e. The summed E-state index contributed by atoms with van der Waals surface area (Å²) in [5, 5.41) is 3.67. The summed E-state index contributed by atoms with van der Waals surface area (Å²) in [4.78, 5) is 31.4. The maximum atomic E-state index is 12.1. The molecule has 1 aliphatic rings. The van der Waals surface area contributed by atoms with Crippen molar-refractivity contribution < 1.29 is 9.53 Å². The summed E-state index contributed by atoms with van der Waals surface area (Å²) >= 11 is 7.25. The van der Waals surface area contributed by atoms with E-state index in [1.165, 1.54) is 18.9 Å². The molecule has 0 bridgehead atoms. The molecule has 3 rings (SSSR count). The molecule has 132 valence electrons. The molecule has 0 unspecified atom stereocenters. The SMILES string of the molecule is COc1ccc(NC(=O)CSc2nc3c(c(=O)[nH]2)CCCC3)cc1Cl. The normalized spacial score (nSPS) is 13.2. The van der Waals surface area contributed by atoms with Gasteiger partial charge >= 0.3 is 0 Å². The Morgan fingerprint density at radius 2 is 2.20 bits per heavy atom. The van der Waals surface area contributed by atoms with Crippen molar-refractivity contribution in [3.05, 3.63) is 44.8 Å². The molecule has 0 atom stereocenters. The number of hydrogen-bond donors (Lipinski definition) is 2. The van der Waals surface area contributed by atoms with Gasteiger partial charge in [-0.15, -0.1) is 0 Å². The second-order valence-electron chi connectivity index (χ2n) is 5.69. The van der Waals surface area contributed by atoms with Gasteiger partial charge in [0.05, 0.1) is 23.6 Å². The molecule has 2 N–H and O–H groups in total. The first-order chi connectivity index (χ1) is 12.1. The fraction of sp³-hybridized carbons (Fsp3) is 0.353. The number of benzene rings is 1. The maximum Gasteiger partial charge on any atom is 0.254 e. The minimum Gasteiger partial charge on any atom is -0.495 e. The Balaban J connectivity index is 1.62. The number of carbonyl (C=O) groups excluding carboxylic acids is 1. The molecule has 0 spiro atoms. The minimum atomic E-state index is -0.202. The van der Waals surface area contributed by atoms with Crippen molar-refractivity contribution in [1.82, 2.24) is 9.97 Å². The first-order valence-corrected chi connectivity index (χ1v) is 9.31. The first kappa shape index (κ1) is 17.8. The zero-order valence-corrected chi connectivity index (χ0v) is 15.3. The van der Waals surface area contributed by atoms with Crippen molar-refractivity contribution >= 4 is 35.0 Å². The standard InChI is InChI=1S/C17H18ClN3O3S/c1-24-14-7-6-10(8-12(14)18)19-15(22)9-25-17-20-13-5-3-2-4-11(13)16(23)21-17/h6-8H,2-5,9H2,1H3,(H,19,22)(H,20,21,23). The van der Waals surface area contributed by atoms with Crippen LogP contribution in [0.4, 0.5) is 5.69 Å². The number of methoxy groups -OCH3 is 1. The van der Waals surface area contributed by atoms with Gasteiger partial charge in [0.2, 0.25) is 5.91 Å². The van der Waals surface area contributed by atoms with Gasteiger partial charge in [-0.05, 0) is 43.9 Å². The van der Waals surface area contributed by atoms with Crippen LogP contribution in [0, 0.1) is 0 Å². The fourth-order valence-electron chi connectivity index (χ4n) is 2.72. The minimum absolute atomic E-state index is 0.0884. The van der Waals surface area contributed by atoms with Crippen LogP contribution in [0.25, 0.3) is 0 Å². The molecule has 1 amide bonds. The van der Waals surface area contributed by atoms with E-state index in [-0.39, 0.29) is 17.2 Å². The third kappa shape index (κ3) is 4.35. The number of hydrogen-bond acceptors (Lipinski definition) is 5. The number of aromatic nitrogens is 2. The van der Waals surface area contributed by atoms with Crippen LogP contribution in [-0.4, -0.2) is 28.7 Å². The predicted octanol–water partition coefficient (Wildman–Crippen LogP) is 3.04. The van der Waals surface area contributed by atoms with Crippen molar-refractivity contribution in [3.8, 4) is 5.75 Å². The Hall–Kier alpha value is -1.99. The van der Waals surface area contributed by atoms with E-state index in [9.17, 15) is 9.59 Å². The van der Waals surface area contributed by atoms with Gasteiger partial charge in [0.1, 0.15) is 5.75 Å². The number of aryl methyl sites for hydroxylation is 1. The van der Waals surface area contributed by atoms with Crippen molar-refractivity contribution in [2.24, 2.45) is 0 Å². The average molecular weight is 380 g/mol. The van der Waals surface area contributed by atoms with Gasteiger partial charge in [-0.2, -0.15) is 0 Å². The van der Waals surface area contributed by atoms with Gasteiger partial charge in [0.15, 0.2) is 5.16 Å². The highest BCUT2D eigenvalue weighted by molar-refractivity contribution is 7.99. The highest BCUT2D eigenvalue weighted by atomic mass is 35.5. The van der Waals surface area contributed by atoms with Gasteiger partial charge in [0.25, 0.3) is 5.56 Å². The zero-order chi connectivity index (χ0) is 17.8. The maximum absolute atomic E-state index is 12.1. The second kappa shape index (κ2) is 7.93. The van der Waals surface area contributed by atoms with Crippen molar-refractivity contribution in [3.63, 3.8) is 0 Å². The molecule has 0 aliphatic heterocycles. The summed E-state index contributed by atoms with van der Waals surface area (Å²) in [6.45, 7) is 0. The number of anilines is 1. The lowest BCUT2D eigenvalue weighted by atomic mass is 9.97. The fourth-order valence-corrected chi connectivity index (χ4v) is 3.66. The monoisotopic (exact) mass is 379 g/mol. The van der Waals surface area contributed by atoms with E-state index in [2.05, 4.69) is 15.3 Å². The quantitative estimate of drug-likeness (QED) is 0.616. The molecule has 8 heteroatoms. The van der Waals surface area contributed by atoms with Crippen LogP contribution in [0.2, 0.25) is 5.02 Å². The Kier molecular flexibility index (Phi) is 5.65. The number of nitrogens with one attached hydrogen (secondary N) is 2. The Morgan fingerprint density at radius 3 is 2.96 bits per heavy atom. The van der Waals surface area contributed by atoms with E-state index in [0.717, 1.165) is 36.9 Å². The largest absolute Gasteiger partial charge is 0.495 e. The molecule has 1 heterocycles. The van der Waals surface area contributed by atoms with Crippen molar-refractivity contribution in [2.75, 3.05) is 18.2 Å². The second-order valence-corrected chi connectivity index (χ2v) is 7.06. The number of aromatic amines is 1. The Labute approximate surface area is 154 Å². The predicted molar refractivity (Wildman–Crippen MR) is 98.9 cm³/mol. The van der Waals surface area contributed by atoms with E-state index >= 15 is 0 Å². The number of fused-ring (bicyclic) bond motifs is 1. The number of thioether (sulfide) groups is 1. The number of nitrogens with zero attached hydrogens (tertiary/aromatic N) is 1. The molecular weight excluding hydrogens is 362 g/mol. The molecule has 0 saturated heterocycles. The van der Waals surface area contributed by atoms with Gasteiger partial charge in [0, 0.05) is 11.3 Å². The van der Waals surface area contributed by atoms with Crippen molar-refractivity contribution in [2.45, 2.75) is 30.8 Å². The van der Waals surface area contributed by atoms with E-state index in [1.807, 2.05) is 0 Å². The van der Waals surface area contributed by atoms with Crippen LogP contribution in [0.15, 0.2) is 28.2 Å². The summed E-state index contributed by atoms with van der Waals surface area (Å²) in [7, 11) is 1.53. The van der Waals surface area contributed by atoms with Crippen molar-refractivity contribution in [1.29, 1.82) is 0 Å². The van der Waals surface area contributed by atoms with E-state index < -0.39 is 0 Å². The molecule has 0 fully saturated rings. The van der Waals surface area contributed by atoms with Crippen LogP contribution >= 0.6 is 23.4 Å². The molecule has 0 saturated carbocycles. The van der Waals surface area contributed by atoms with Gasteiger partial charge in [-0.1, -0.05) is 23.4 Å². The summed E-state index contributed by atoms with van der Waals surface area (Å²) in [5.74, 6) is 0.488. The molecule has 25 heavy (non-hydrogen) atoms.